The van der Waals surface area contributed by atoms with Gasteiger partial charge in [-0.15, -0.1) is 0 Å². The van der Waals surface area contributed by atoms with Crippen LogP contribution in [0, 0.1) is 5.92 Å². The zero-order valence-corrected chi connectivity index (χ0v) is 22.8. The number of fused-ring (bicyclic) bond motifs is 1. The Balaban J connectivity index is 1.78. The van der Waals surface area contributed by atoms with Crippen molar-refractivity contribution in [3.05, 3.63) is 57.4 Å². The normalized spacial score (nSPS) is 25.5. The lowest BCUT2D eigenvalue weighted by molar-refractivity contribution is -0.160. The largest absolute Gasteiger partial charge is 0.507 e. The van der Waals surface area contributed by atoms with Gasteiger partial charge in [-0.25, -0.2) is 0 Å². The van der Waals surface area contributed by atoms with Crippen molar-refractivity contribution in [1.29, 1.82) is 0 Å². The molecule has 1 N–H and O–H groups in total. The number of allylic oxidation sites excluding steroid dienone is 3. The molecule has 1 amide bonds. The predicted molar refractivity (Wildman–Crippen MR) is 139 cm³/mol. The first-order chi connectivity index (χ1) is 15.9. The second-order valence-corrected chi connectivity index (χ2v) is 12.8. The summed E-state index contributed by atoms with van der Waals surface area (Å²) in [5, 5.41) is 11.1. The van der Waals surface area contributed by atoms with Crippen molar-refractivity contribution >= 4 is 17.8 Å². The quantitative estimate of drug-likeness (QED) is 0.519. The first kappa shape index (κ1) is 25.3. The van der Waals surface area contributed by atoms with E-state index < -0.39 is 5.60 Å². The molecule has 1 saturated heterocycles. The molecule has 188 valence electrons. The number of carbonyl (C=O) groups is 2. The van der Waals surface area contributed by atoms with Crippen LogP contribution in [0.2, 0.25) is 0 Å². The van der Waals surface area contributed by atoms with Crippen molar-refractivity contribution in [3.8, 4) is 5.75 Å². The number of morpholine rings is 1. The van der Waals surface area contributed by atoms with Crippen molar-refractivity contribution in [3.63, 3.8) is 0 Å². The number of aromatic hydroxyl groups is 1. The van der Waals surface area contributed by atoms with Crippen LogP contribution in [0.5, 0.6) is 5.75 Å². The van der Waals surface area contributed by atoms with Crippen LogP contribution in [-0.2, 0) is 25.2 Å². The number of nitrogens with zero attached hydrogens (tertiary/aromatic N) is 1. The number of phenolic OH excluding ortho intramolecular Hbond substituents is 1. The lowest BCUT2D eigenvalue weighted by Gasteiger charge is -2.44. The summed E-state index contributed by atoms with van der Waals surface area (Å²) in [4.78, 5) is 28.1. The van der Waals surface area contributed by atoms with E-state index in [1.54, 1.807) is 18.7 Å². The smallest absolute Gasteiger partial charge is 0.266 e. The molecule has 1 aromatic rings. The van der Waals surface area contributed by atoms with E-state index >= 15 is 0 Å². The highest BCUT2D eigenvalue weighted by Gasteiger charge is 2.48. The second kappa shape index (κ2) is 7.84. The minimum atomic E-state index is -0.945. The maximum atomic E-state index is 13.6. The van der Waals surface area contributed by atoms with Gasteiger partial charge in [-0.2, -0.15) is 0 Å². The molecule has 1 aromatic carbocycles. The fourth-order valence-corrected chi connectivity index (χ4v) is 5.49. The summed E-state index contributed by atoms with van der Waals surface area (Å²) < 4.78 is 6.06. The maximum absolute atomic E-state index is 13.6. The minimum Gasteiger partial charge on any atom is -0.507 e. The van der Waals surface area contributed by atoms with Crippen LogP contribution in [0.4, 0.5) is 0 Å². The third kappa shape index (κ3) is 4.13. The van der Waals surface area contributed by atoms with Gasteiger partial charge in [-0.1, -0.05) is 48.5 Å². The molecule has 3 aliphatic rings. The zero-order chi connectivity index (χ0) is 26.2. The Labute approximate surface area is 209 Å². The Morgan fingerprint density at radius 1 is 1.06 bits per heavy atom. The van der Waals surface area contributed by atoms with E-state index in [4.69, 9.17) is 4.74 Å². The molecule has 5 heteroatoms. The van der Waals surface area contributed by atoms with Gasteiger partial charge in [0.2, 0.25) is 0 Å². The number of hydrogen-bond acceptors (Lipinski definition) is 4. The monoisotopic (exact) mass is 477 g/mol. The van der Waals surface area contributed by atoms with Gasteiger partial charge in [0.15, 0.2) is 11.4 Å². The van der Waals surface area contributed by atoms with Crippen LogP contribution in [0.15, 0.2) is 40.7 Å². The molecular formula is C30H39NO4. The SMILES string of the molecule is CC1C(=Cc2cc(C(C)(C)C)c(O)c(C(C)(C)C)c2)C(=O)C2=C1CC1C(=C2)OC(C)(C)C(=O)N1C. The average molecular weight is 478 g/mol. The van der Waals surface area contributed by atoms with Crippen LogP contribution in [-0.4, -0.2) is 40.4 Å². The molecule has 0 radical (unpaired) electrons. The topological polar surface area (TPSA) is 66.8 Å². The maximum Gasteiger partial charge on any atom is 0.266 e. The summed E-state index contributed by atoms with van der Waals surface area (Å²) in [5.41, 5.74) is 3.72. The molecule has 5 nitrogen and oxygen atoms in total. The molecule has 2 atom stereocenters. The number of rotatable bonds is 1. The Kier molecular flexibility index (Phi) is 5.66. The highest BCUT2D eigenvalue weighted by molar-refractivity contribution is 6.17. The van der Waals surface area contributed by atoms with Crippen LogP contribution in [0.25, 0.3) is 6.08 Å². The number of carbonyl (C=O) groups excluding carboxylic acids is 2. The first-order valence-electron chi connectivity index (χ1n) is 12.5. The van der Waals surface area contributed by atoms with Crippen LogP contribution in [0.1, 0.15) is 85.4 Å². The van der Waals surface area contributed by atoms with Gasteiger partial charge in [0.05, 0.1) is 6.04 Å². The number of ether oxygens (including phenoxy) is 1. The second-order valence-electron chi connectivity index (χ2n) is 12.8. The van der Waals surface area contributed by atoms with Gasteiger partial charge in [0.1, 0.15) is 11.5 Å². The summed E-state index contributed by atoms with van der Waals surface area (Å²) in [6, 6.07) is 3.83. The van der Waals surface area contributed by atoms with E-state index in [9.17, 15) is 14.7 Å². The molecule has 0 aromatic heterocycles. The fraction of sp³-hybridized carbons (Fsp3) is 0.533. The van der Waals surface area contributed by atoms with Crippen LogP contribution >= 0.6 is 0 Å². The molecule has 0 bridgehead atoms. The van der Waals surface area contributed by atoms with E-state index in [0.29, 0.717) is 23.5 Å². The Bertz CT molecular complexity index is 1180. The lowest BCUT2D eigenvalue weighted by Crippen LogP contribution is -2.56. The number of amides is 1. The summed E-state index contributed by atoms with van der Waals surface area (Å²) >= 11 is 0. The average Bonchev–Trinajstić information content (AvgIpc) is 2.94. The molecule has 1 fully saturated rings. The van der Waals surface area contributed by atoms with E-state index in [-0.39, 0.29) is 34.5 Å². The van der Waals surface area contributed by atoms with Gasteiger partial charge in [0.25, 0.3) is 5.91 Å². The van der Waals surface area contributed by atoms with Crippen LogP contribution in [0.3, 0.4) is 0 Å². The standard InChI is InChI=1S/C30H39NO4/c1-16-18-14-23-24(35-30(8,9)27(34)31(23)10)15-20(18)25(32)19(16)11-17-12-21(28(2,3)4)26(33)22(13-17)29(5,6)7/h11-13,15-16,23,33H,14H2,1-10H3. The molecular weight excluding hydrogens is 438 g/mol. The number of benzene rings is 1. The number of ketones is 1. The molecule has 0 saturated carbocycles. The van der Waals surface area contributed by atoms with Crippen molar-refractivity contribution in [2.45, 2.75) is 91.2 Å². The van der Waals surface area contributed by atoms with Crippen molar-refractivity contribution in [1.82, 2.24) is 4.90 Å². The van der Waals surface area contributed by atoms with Gasteiger partial charge in [-0.05, 0) is 66.5 Å². The molecule has 2 aliphatic carbocycles. The number of Topliss-reactive ketones (excluding diaryl/α,β-unsaturated/α-hetero) is 1. The zero-order valence-electron chi connectivity index (χ0n) is 22.8. The van der Waals surface area contributed by atoms with Crippen molar-refractivity contribution in [2.24, 2.45) is 5.92 Å². The number of hydrogen-bond donors (Lipinski definition) is 1. The summed E-state index contributed by atoms with van der Waals surface area (Å²) in [7, 11) is 1.81. The molecule has 2 unspecified atom stereocenters. The summed E-state index contributed by atoms with van der Waals surface area (Å²) in [5.74, 6) is 0.926. The lowest BCUT2D eigenvalue weighted by atomic mass is 9.78. The predicted octanol–water partition coefficient (Wildman–Crippen LogP) is 5.81. The summed E-state index contributed by atoms with van der Waals surface area (Å²) in [6.07, 6.45) is 4.43. The Hall–Kier alpha value is -2.82. The minimum absolute atomic E-state index is 0.0158. The van der Waals surface area contributed by atoms with Gasteiger partial charge in [0, 0.05) is 35.2 Å². The van der Waals surface area contributed by atoms with Gasteiger partial charge >= 0.3 is 0 Å². The van der Waals surface area contributed by atoms with E-state index in [1.807, 2.05) is 31.3 Å². The first-order valence-corrected chi connectivity index (χ1v) is 12.5. The van der Waals surface area contributed by atoms with Gasteiger partial charge in [-0.3, -0.25) is 9.59 Å². The van der Waals surface area contributed by atoms with E-state index in [1.165, 1.54) is 0 Å². The third-order valence-corrected chi connectivity index (χ3v) is 7.62. The Morgan fingerprint density at radius 2 is 1.60 bits per heavy atom. The molecule has 1 aliphatic heterocycles. The van der Waals surface area contributed by atoms with E-state index in [0.717, 1.165) is 27.8 Å². The van der Waals surface area contributed by atoms with Crippen molar-refractivity contribution in [2.75, 3.05) is 7.05 Å². The molecule has 1 heterocycles. The molecule has 35 heavy (non-hydrogen) atoms. The molecule has 4 rings (SSSR count). The van der Waals surface area contributed by atoms with Crippen LogP contribution < -0.4 is 0 Å². The highest BCUT2D eigenvalue weighted by Crippen LogP contribution is 2.46. The van der Waals surface area contributed by atoms with Crippen molar-refractivity contribution < 1.29 is 19.4 Å². The summed E-state index contributed by atoms with van der Waals surface area (Å²) in [6.45, 7) is 18.1. The molecule has 0 spiro atoms. The van der Waals surface area contributed by atoms with E-state index in [2.05, 4.69) is 48.5 Å². The number of phenols is 1. The highest BCUT2D eigenvalue weighted by atomic mass is 16.5. The number of likely N-dealkylation sites (N-methyl/N-ethyl adjacent to an activating group) is 1. The Morgan fingerprint density at radius 3 is 2.11 bits per heavy atom. The third-order valence-electron chi connectivity index (χ3n) is 7.62. The fourth-order valence-electron chi connectivity index (χ4n) is 5.49. The van der Waals surface area contributed by atoms with Gasteiger partial charge < -0.3 is 14.7 Å².